The van der Waals surface area contributed by atoms with Gasteiger partial charge < -0.3 is 14.6 Å². The number of rotatable bonds is 7. The summed E-state index contributed by atoms with van der Waals surface area (Å²) in [6.07, 6.45) is 6.52. The zero-order chi connectivity index (χ0) is 16.1. The second-order valence-electron chi connectivity index (χ2n) is 6.77. The van der Waals surface area contributed by atoms with Crippen molar-refractivity contribution in [2.45, 2.75) is 63.6 Å². The molecule has 0 aliphatic carbocycles. The number of nitrogens with zero attached hydrogens (tertiary/aromatic N) is 1. The Kier molecular flexibility index (Phi) is 5.79. The van der Waals surface area contributed by atoms with Crippen LogP contribution in [0.15, 0.2) is 24.3 Å². The second kappa shape index (κ2) is 8.02. The van der Waals surface area contributed by atoms with E-state index in [1.807, 2.05) is 24.3 Å². The van der Waals surface area contributed by atoms with Gasteiger partial charge in [-0.05, 0) is 56.4 Å². The van der Waals surface area contributed by atoms with Crippen molar-refractivity contribution in [3.8, 4) is 11.5 Å². The van der Waals surface area contributed by atoms with Crippen molar-refractivity contribution in [3.05, 3.63) is 24.3 Å². The van der Waals surface area contributed by atoms with E-state index in [1.54, 1.807) is 0 Å². The standard InChI is InChI=1S/C19H29NO3/c1-2-11-22-18-6-8-19(9-7-18)23-12-10-20-15-4-3-5-16(20)14-17(21)13-15/h6-9,15-17,21H,2-5,10-14H2,1H3/t15-,16+,17?. The van der Waals surface area contributed by atoms with Crippen LogP contribution in [0.2, 0.25) is 0 Å². The van der Waals surface area contributed by atoms with E-state index >= 15 is 0 Å². The smallest absolute Gasteiger partial charge is 0.119 e. The highest BCUT2D eigenvalue weighted by Gasteiger charge is 2.37. The van der Waals surface area contributed by atoms with Crippen molar-refractivity contribution >= 4 is 0 Å². The lowest BCUT2D eigenvalue weighted by atomic mass is 9.83. The summed E-state index contributed by atoms with van der Waals surface area (Å²) in [6, 6.07) is 8.99. The second-order valence-corrected chi connectivity index (χ2v) is 6.77. The maximum absolute atomic E-state index is 9.95. The van der Waals surface area contributed by atoms with Crippen molar-refractivity contribution in [2.75, 3.05) is 19.8 Å². The summed E-state index contributed by atoms with van der Waals surface area (Å²) < 4.78 is 11.5. The molecule has 4 nitrogen and oxygen atoms in total. The van der Waals surface area contributed by atoms with Gasteiger partial charge in [-0.15, -0.1) is 0 Å². The van der Waals surface area contributed by atoms with Gasteiger partial charge >= 0.3 is 0 Å². The minimum atomic E-state index is -0.0990. The highest BCUT2D eigenvalue weighted by Crippen LogP contribution is 2.33. The molecule has 4 heteroatoms. The molecule has 2 saturated heterocycles. The number of benzene rings is 1. The number of hydrogen-bond acceptors (Lipinski definition) is 4. The SMILES string of the molecule is CCCOc1ccc(OCCN2[C@@H]3CCC[C@H]2CC(O)C3)cc1. The molecule has 0 aromatic heterocycles. The third-order valence-electron chi connectivity index (χ3n) is 5.02. The highest BCUT2D eigenvalue weighted by molar-refractivity contribution is 5.31. The van der Waals surface area contributed by atoms with Crippen LogP contribution in [0.4, 0.5) is 0 Å². The van der Waals surface area contributed by atoms with Crippen LogP contribution in [-0.2, 0) is 0 Å². The highest BCUT2D eigenvalue weighted by atomic mass is 16.5. The molecule has 0 saturated carbocycles. The molecule has 2 aliphatic rings. The van der Waals surface area contributed by atoms with Gasteiger partial charge in [-0.3, -0.25) is 4.90 Å². The first-order valence-electron chi connectivity index (χ1n) is 9.05. The van der Waals surface area contributed by atoms with Crippen LogP contribution in [-0.4, -0.2) is 48.0 Å². The molecule has 1 unspecified atom stereocenters. The summed E-state index contributed by atoms with van der Waals surface area (Å²) in [6.45, 7) is 4.52. The fourth-order valence-corrected chi connectivity index (χ4v) is 3.94. The molecule has 23 heavy (non-hydrogen) atoms. The van der Waals surface area contributed by atoms with Crippen LogP contribution < -0.4 is 9.47 Å². The lowest BCUT2D eigenvalue weighted by molar-refractivity contribution is -0.0313. The number of piperidine rings is 2. The fourth-order valence-electron chi connectivity index (χ4n) is 3.94. The molecule has 2 fully saturated rings. The first-order valence-corrected chi connectivity index (χ1v) is 9.05. The third-order valence-corrected chi connectivity index (χ3v) is 5.02. The normalized spacial score (nSPS) is 27.7. The van der Waals surface area contributed by atoms with Crippen molar-refractivity contribution in [1.29, 1.82) is 0 Å². The molecule has 128 valence electrons. The van der Waals surface area contributed by atoms with Gasteiger partial charge in [0.1, 0.15) is 18.1 Å². The average Bonchev–Trinajstić information content (AvgIpc) is 2.54. The van der Waals surface area contributed by atoms with Crippen LogP contribution >= 0.6 is 0 Å². The fraction of sp³-hybridized carbons (Fsp3) is 0.684. The maximum Gasteiger partial charge on any atom is 0.119 e. The van der Waals surface area contributed by atoms with Crippen LogP contribution in [0.5, 0.6) is 11.5 Å². The van der Waals surface area contributed by atoms with Gasteiger partial charge in [0, 0.05) is 18.6 Å². The van der Waals surface area contributed by atoms with E-state index in [0.717, 1.165) is 43.9 Å². The zero-order valence-corrected chi connectivity index (χ0v) is 14.1. The summed E-state index contributed by atoms with van der Waals surface area (Å²) in [4.78, 5) is 2.56. The van der Waals surface area contributed by atoms with Gasteiger partial charge in [0.15, 0.2) is 0 Å². The van der Waals surface area contributed by atoms with Gasteiger partial charge in [0.2, 0.25) is 0 Å². The third kappa shape index (κ3) is 4.39. The van der Waals surface area contributed by atoms with Gasteiger partial charge in [0.25, 0.3) is 0 Å². The number of fused-ring (bicyclic) bond motifs is 2. The Morgan fingerprint density at radius 1 is 1.00 bits per heavy atom. The van der Waals surface area contributed by atoms with Crippen LogP contribution in [0.3, 0.4) is 0 Å². The van der Waals surface area contributed by atoms with E-state index in [2.05, 4.69) is 11.8 Å². The van der Waals surface area contributed by atoms with Crippen LogP contribution in [0, 0.1) is 0 Å². The lowest BCUT2D eigenvalue weighted by Gasteiger charge is -2.47. The van der Waals surface area contributed by atoms with Crippen LogP contribution in [0.25, 0.3) is 0 Å². The van der Waals surface area contributed by atoms with Crippen molar-refractivity contribution in [1.82, 2.24) is 4.90 Å². The number of ether oxygens (including phenoxy) is 2. The molecule has 3 rings (SSSR count). The molecule has 2 aliphatic heterocycles. The van der Waals surface area contributed by atoms with Crippen LogP contribution in [0.1, 0.15) is 45.4 Å². The molecule has 0 radical (unpaired) electrons. The molecular weight excluding hydrogens is 290 g/mol. The van der Waals surface area contributed by atoms with Gasteiger partial charge in [-0.1, -0.05) is 13.3 Å². The summed E-state index contributed by atoms with van der Waals surface area (Å²) in [5.41, 5.74) is 0. The van der Waals surface area contributed by atoms with E-state index in [9.17, 15) is 5.11 Å². The Morgan fingerprint density at radius 3 is 2.13 bits per heavy atom. The summed E-state index contributed by atoms with van der Waals surface area (Å²) in [5, 5.41) is 9.95. The molecule has 1 aromatic carbocycles. The molecule has 0 spiro atoms. The summed E-state index contributed by atoms with van der Waals surface area (Å²) >= 11 is 0. The van der Waals surface area contributed by atoms with Gasteiger partial charge in [-0.2, -0.15) is 0 Å². The Balaban J connectivity index is 1.45. The zero-order valence-electron chi connectivity index (χ0n) is 14.1. The Labute approximate surface area is 139 Å². The first kappa shape index (κ1) is 16.6. The Bertz CT molecular complexity index is 462. The topological polar surface area (TPSA) is 41.9 Å². The molecule has 2 bridgehead atoms. The summed E-state index contributed by atoms with van der Waals surface area (Å²) in [5.74, 6) is 1.80. The molecule has 3 atom stereocenters. The predicted octanol–water partition coefficient (Wildman–Crippen LogP) is 3.23. The molecule has 1 N–H and O–H groups in total. The minimum Gasteiger partial charge on any atom is -0.494 e. The monoisotopic (exact) mass is 319 g/mol. The van der Waals surface area contributed by atoms with E-state index in [4.69, 9.17) is 9.47 Å². The minimum absolute atomic E-state index is 0.0990. The van der Waals surface area contributed by atoms with Gasteiger partial charge in [0.05, 0.1) is 12.7 Å². The number of aliphatic hydroxyl groups is 1. The average molecular weight is 319 g/mol. The molecule has 1 aromatic rings. The Morgan fingerprint density at radius 2 is 1.57 bits per heavy atom. The van der Waals surface area contributed by atoms with Gasteiger partial charge in [-0.25, -0.2) is 0 Å². The lowest BCUT2D eigenvalue weighted by Crippen LogP contribution is -2.54. The maximum atomic E-state index is 9.95. The predicted molar refractivity (Wildman–Crippen MR) is 91.1 cm³/mol. The number of hydrogen-bond donors (Lipinski definition) is 1. The molecular formula is C19H29NO3. The summed E-state index contributed by atoms with van der Waals surface area (Å²) in [7, 11) is 0. The largest absolute Gasteiger partial charge is 0.494 e. The van der Waals surface area contributed by atoms with E-state index in [-0.39, 0.29) is 6.10 Å². The quantitative estimate of drug-likeness (QED) is 0.838. The molecule has 2 heterocycles. The van der Waals surface area contributed by atoms with Crippen molar-refractivity contribution in [3.63, 3.8) is 0 Å². The van der Waals surface area contributed by atoms with E-state index in [0.29, 0.717) is 18.7 Å². The molecule has 0 amide bonds. The van der Waals surface area contributed by atoms with E-state index < -0.39 is 0 Å². The first-order chi connectivity index (χ1) is 11.3. The van der Waals surface area contributed by atoms with Crippen molar-refractivity contribution in [2.24, 2.45) is 0 Å². The van der Waals surface area contributed by atoms with E-state index in [1.165, 1.54) is 19.3 Å². The number of aliphatic hydroxyl groups excluding tert-OH is 1. The Hall–Kier alpha value is -1.26. The van der Waals surface area contributed by atoms with Crippen molar-refractivity contribution < 1.29 is 14.6 Å².